The first kappa shape index (κ1) is 18.1. The third kappa shape index (κ3) is 4.49. The molecule has 2 heterocycles. The topological polar surface area (TPSA) is 163 Å². The van der Waals surface area contributed by atoms with Gasteiger partial charge in [-0.3, -0.25) is 10.6 Å². The molecule has 4 N–H and O–H groups in total. The molecule has 0 saturated carbocycles. The minimum atomic E-state index is -0.750. The van der Waals surface area contributed by atoms with Crippen LogP contribution in [-0.2, 0) is 0 Å². The number of nitrogens with one attached hydrogen (secondary N) is 3. The minimum absolute atomic E-state index is 0.00541. The summed E-state index contributed by atoms with van der Waals surface area (Å²) in [6, 6.07) is 3.26. The van der Waals surface area contributed by atoms with Gasteiger partial charge in [0.1, 0.15) is 18.5 Å². The van der Waals surface area contributed by atoms with E-state index in [9.17, 15) is 14.4 Å². The van der Waals surface area contributed by atoms with Crippen LogP contribution < -0.4 is 16.0 Å². The fourth-order valence-corrected chi connectivity index (χ4v) is 2.19. The molecule has 0 saturated heterocycles. The van der Waals surface area contributed by atoms with E-state index in [1.807, 2.05) is 0 Å². The van der Waals surface area contributed by atoms with Crippen molar-refractivity contribution < 1.29 is 19.0 Å². The highest BCUT2D eigenvalue weighted by molar-refractivity contribution is 9.10. The lowest BCUT2D eigenvalue weighted by molar-refractivity contribution is 0.261. The van der Waals surface area contributed by atoms with Gasteiger partial charge in [0.05, 0.1) is 4.47 Å². The van der Waals surface area contributed by atoms with E-state index >= 15 is 0 Å². The molecule has 0 aliphatic rings. The summed E-state index contributed by atoms with van der Waals surface area (Å²) in [6.45, 7) is 0. The van der Waals surface area contributed by atoms with E-state index in [4.69, 9.17) is 0 Å². The predicted molar refractivity (Wildman–Crippen MR) is 92.8 cm³/mol. The number of halogens is 2. The highest BCUT2D eigenvalue weighted by atomic mass is 79.9. The van der Waals surface area contributed by atoms with Crippen LogP contribution in [0.25, 0.3) is 0 Å². The van der Waals surface area contributed by atoms with Crippen molar-refractivity contribution in [1.82, 2.24) is 25.3 Å². The van der Waals surface area contributed by atoms with E-state index in [-0.39, 0.29) is 27.8 Å². The van der Waals surface area contributed by atoms with Crippen molar-refractivity contribution in [3.05, 3.63) is 46.8 Å². The maximum atomic E-state index is 13.3. The van der Waals surface area contributed by atoms with Crippen molar-refractivity contribution >= 4 is 45.3 Å². The van der Waals surface area contributed by atoms with E-state index in [0.717, 1.165) is 0 Å². The Balaban J connectivity index is 1.74. The molecule has 2 aromatic heterocycles. The van der Waals surface area contributed by atoms with Gasteiger partial charge in [0.15, 0.2) is 5.69 Å². The number of rotatable bonds is 4. The normalized spacial score (nSPS) is 11.1. The van der Waals surface area contributed by atoms with Crippen LogP contribution in [0.1, 0.15) is 5.69 Å². The van der Waals surface area contributed by atoms with E-state index < -0.39 is 11.8 Å². The standard InChI is InChI=1S/C13H9BrFN9O3/c14-7-3-6(1-2-8(7)15)19-10(22-26)9-11(24-27-23-9)20-13(25)21-12-17-4-16-5-18-12/h1-5,26H,(H,19,22)(H2,16,17,18,20,21,24,25). The van der Waals surface area contributed by atoms with Gasteiger partial charge in [-0.25, -0.2) is 28.8 Å². The van der Waals surface area contributed by atoms with E-state index in [0.29, 0.717) is 5.69 Å². The first-order valence-corrected chi connectivity index (χ1v) is 7.83. The number of aromatic nitrogens is 5. The Hall–Kier alpha value is -3.68. The molecule has 0 spiro atoms. The number of nitrogens with zero attached hydrogens (tertiary/aromatic N) is 6. The van der Waals surface area contributed by atoms with Gasteiger partial charge in [0.2, 0.25) is 17.6 Å². The summed E-state index contributed by atoms with van der Waals surface area (Å²) in [5.41, 5.74) is 0.267. The van der Waals surface area contributed by atoms with Crippen LogP contribution in [-0.4, -0.2) is 42.3 Å². The largest absolute Gasteiger partial charge is 0.409 e. The average Bonchev–Trinajstić information content (AvgIpc) is 3.11. The number of urea groups is 1. The Morgan fingerprint density at radius 2 is 1.96 bits per heavy atom. The zero-order valence-corrected chi connectivity index (χ0v) is 14.7. The average molecular weight is 438 g/mol. The number of carbonyl (C=O) groups excluding carboxylic acids is 1. The fraction of sp³-hybridized carbons (Fsp3) is 0. The zero-order chi connectivity index (χ0) is 19.2. The van der Waals surface area contributed by atoms with Crippen LogP contribution in [0.5, 0.6) is 0 Å². The molecule has 0 radical (unpaired) electrons. The molecule has 0 atom stereocenters. The number of hydrogen-bond donors (Lipinski definition) is 4. The maximum Gasteiger partial charge on any atom is 0.327 e. The maximum absolute atomic E-state index is 13.3. The molecule has 14 heteroatoms. The molecular formula is C13H9BrFN9O3. The first-order chi connectivity index (χ1) is 13.1. The molecule has 3 rings (SSSR count). The molecule has 27 heavy (non-hydrogen) atoms. The van der Waals surface area contributed by atoms with E-state index in [1.165, 1.54) is 30.9 Å². The molecule has 0 aliphatic carbocycles. The number of amides is 2. The molecule has 0 fully saturated rings. The molecule has 1 aromatic carbocycles. The van der Waals surface area contributed by atoms with Crippen molar-refractivity contribution in [3.8, 4) is 0 Å². The second kappa shape index (κ2) is 8.13. The lowest BCUT2D eigenvalue weighted by Gasteiger charge is -2.08. The smallest absolute Gasteiger partial charge is 0.327 e. The summed E-state index contributed by atoms with van der Waals surface area (Å²) >= 11 is 3.04. The number of anilines is 3. The number of oxime groups is 1. The Morgan fingerprint density at radius 1 is 1.19 bits per heavy atom. The number of hydrogen-bond acceptors (Lipinski definition) is 9. The Bertz CT molecular complexity index is 982. The molecular weight excluding hydrogens is 429 g/mol. The van der Waals surface area contributed by atoms with Crippen LogP contribution in [0.2, 0.25) is 0 Å². The predicted octanol–water partition coefficient (Wildman–Crippen LogP) is 2.05. The van der Waals surface area contributed by atoms with Gasteiger partial charge in [-0.05, 0) is 44.4 Å². The molecule has 0 unspecified atom stereocenters. The van der Waals surface area contributed by atoms with Crippen LogP contribution in [0.15, 0.2) is 45.1 Å². The summed E-state index contributed by atoms with van der Waals surface area (Å²) in [5, 5.41) is 26.8. The van der Waals surface area contributed by atoms with Gasteiger partial charge < -0.3 is 10.5 Å². The van der Waals surface area contributed by atoms with Crippen LogP contribution >= 0.6 is 15.9 Å². The number of amidine groups is 1. The Labute approximate surface area is 158 Å². The molecule has 12 nitrogen and oxygen atoms in total. The Morgan fingerprint density at radius 3 is 2.67 bits per heavy atom. The number of carbonyl (C=O) groups is 1. The molecule has 0 aliphatic heterocycles. The Kier molecular flexibility index (Phi) is 5.46. The van der Waals surface area contributed by atoms with Gasteiger partial charge in [0, 0.05) is 5.69 Å². The quantitative estimate of drug-likeness (QED) is 0.207. The zero-order valence-electron chi connectivity index (χ0n) is 13.1. The summed E-state index contributed by atoms with van der Waals surface area (Å²) in [4.78, 5) is 23.1. The molecule has 138 valence electrons. The molecule has 3 aromatic rings. The summed E-state index contributed by atoms with van der Waals surface area (Å²) in [5.74, 6) is -0.817. The van der Waals surface area contributed by atoms with Gasteiger partial charge in [-0.2, -0.15) is 0 Å². The highest BCUT2D eigenvalue weighted by Crippen LogP contribution is 2.21. The first-order valence-electron chi connectivity index (χ1n) is 7.04. The monoisotopic (exact) mass is 437 g/mol. The molecule has 0 bridgehead atoms. The SMILES string of the molecule is O=C(Nc1ncncn1)Nc1nonc1/C(=N/O)Nc1ccc(F)c(Br)c1. The lowest BCUT2D eigenvalue weighted by atomic mass is 10.3. The van der Waals surface area contributed by atoms with E-state index in [1.54, 1.807) is 0 Å². The summed E-state index contributed by atoms with van der Waals surface area (Å²) < 4.78 is 18.1. The number of benzene rings is 1. The van der Waals surface area contributed by atoms with Gasteiger partial charge >= 0.3 is 6.03 Å². The van der Waals surface area contributed by atoms with Crippen molar-refractivity contribution in [3.63, 3.8) is 0 Å². The second-order valence-electron chi connectivity index (χ2n) is 4.70. The van der Waals surface area contributed by atoms with E-state index in [2.05, 4.69) is 66.9 Å². The lowest BCUT2D eigenvalue weighted by Crippen LogP contribution is -2.23. The van der Waals surface area contributed by atoms with Crippen LogP contribution in [0, 0.1) is 5.82 Å². The third-order valence-corrected chi connectivity index (χ3v) is 3.55. The molecule has 2 amide bonds. The van der Waals surface area contributed by atoms with Crippen molar-refractivity contribution in [1.29, 1.82) is 0 Å². The van der Waals surface area contributed by atoms with Gasteiger partial charge in [-0.15, -0.1) is 0 Å². The van der Waals surface area contributed by atoms with Crippen molar-refractivity contribution in [2.75, 3.05) is 16.0 Å². The van der Waals surface area contributed by atoms with Crippen LogP contribution in [0.3, 0.4) is 0 Å². The second-order valence-corrected chi connectivity index (χ2v) is 5.56. The van der Waals surface area contributed by atoms with Crippen molar-refractivity contribution in [2.45, 2.75) is 0 Å². The minimum Gasteiger partial charge on any atom is -0.409 e. The van der Waals surface area contributed by atoms with Crippen molar-refractivity contribution in [2.24, 2.45) is 5.16 Å². The van der Waals surface area contributed by atoms with Gasteiger partial charge in [-0.1, -0.05) is 5.16 Å². The highest BCUT2D eigenvalue weighted by Gasteiger charge is 2.20. The third-order valence-electron chi connectivity index (χ3n) is 2.95. The summed E-state index contributed by atoms with van der Waals surface area (Å²) in [6.07, 6.45) is 2.40. The summed E-state index contributed by atoms with van der Waals surface area (Å²) in [7, 11) is 0. The van der Waals surface area contributed by atoms with Crippen LogP contribution in [0.4, 0.5) is 26.6 Å². The fourth-order valence-electron chi connectivity index (χ4n) is 1.81. The van der Waals surface area contributed by atoms with Gasteiger partial charge in [0.25, 0.3) is 0 Å².